The third-order valence-electron chi connectivity index (χ3n) is 4.40. The summed E-state index contributed by atoms with van der Waals surface area (Å²) >= 11 is 1.86. The van der Waals surface area contributed by atoms with Gasteiger partial charge >= 0.3 is 0 Å². The van der Waals surface area contributed by atoms with E-state index in [1.54, 1.807) is 6.33 Å². The van der Waals surface area contributed by atoms with E-state index < -0.39 is 0 Å². The molecule has 0 atom stereocenters. The lowest BCUT2D eigenvalue weighted by molar-refractivity contribution is 0.160. The van der Waals surface area contributed by atoms with Gasteiger partial charge in [-0.25, -0.2) is 9.97 Å². The zero-order valence-corrected chi connectivity index (χ0v) is 13.3. The van der Waals surface area contributed by atoms with E-state index in [2.05, 4.69) is 40.6 Å². The Morgan fingerprint density at radius 1 is 1.30 bits per heavy atom. The summed E-state index contributed by atoms with van der Waals surface area (Å²) in [5, 5.41) is 1.31. The van der Waals surface area contributed by atoms with Crippen molar-refractivity contribution in [2.45, 2.75) is 45.6 Å². The number of rotatable bonds is 3. The second-order valence-electron chi connectivity index (χ2n) is 6.09. The highest BCUT2D eigenvalue weighted by Gasteiger charge is 2.34. The third-order valence-corrected chi connectivity index (χ3v) is 5.62. The molecule has 0 radical (unpaired) electrons. The number of likely N-dealkylation sites (tertiary alicyclic amines) is 1. The van der Waals surface area contributed by atoms with Crippen LogP contribution in [-0.2, 0) is 12.0 Å². The quantitative estimate of drug-likeness (QED) is 0.945. The molecule has 108 valence electrons. The topological polar surface area (TPSA) is 44.8 Å². The molecule has 0 aliphatic carbocycles. The van der Waals surface area contributed by atoms with Gasteiger partial charge < -0.3 is 4.98 Å². The maximum atomic E-state index is 4.61. The van der Waals surface area contributed by atoms with Crippen LogP contribution in [0.5, 0.6) is 0 Å². The summed E-state index contributed by atoms with van der Waals surface area (Å²) in [7, 11) is 0. The number of imidazole rings is 1. The van der Waals surface area contributed by atoms with Gasteiger partial charge in [0.15, 0.2) is 0 Å². The van der Waals surface area contributed by atoms with E-state index in [4.69, 9.17) is 0 Å². The van der Waals surface area contributed by atoms with Crippen molar-refractivity contribution in [2.75, 3.05) is 13.1 Å². The monoisotopic (exact) mass is 290 g/mol. The fraction of sp³-hybridized carbons (Fsp3) is 0.600. The standard InChI is InChI=1S/C15H22N4S/c1-11-8-16-14(20-11)15(3)4-6-19(7-5-15)9-13-12(2)17-10-18-13/h8,10H,4-7,9H2,1-3H3,(H,17,18). The van der Waals surface area contributed by atoms with Crippen LogP contribution in [0.4, 0.5) is 0 Å². The number of H-pyrrole nitrogens is 1. The molecular weight excluding hydrogens is 268 g/mol. The lowest BCUT2D eigenvalue weighted by atomic mass is 9.81. The number of hydrogen-bond acceptors (Lipinski definition) is 4. The van der Waals surface area contributed by atoms with E-state index in [1.165, 1.54) is 34.1 Å². The molecule has 0 bridgehead atoms. The summed E-state index contributed by atoms with van der Waals surface area (Å²) in [5.41, 5.74) is 2.63. The van der Waals surface area contributed by atoms with Crippen molar-refractivity contribution in [3.8, 4) is 0 Å². The van der Waals surface area contributed by atoms with Crippen molar-refractivity contribution >= 4 is 11.3 Å². The highest BCUT2D eigenvalue weighted by atomic mass is 32.1. The first-order valence-corrected chi connectivity index (χ1v) is 8.03. The van der Waals surface area contributed by atoms with Gasteiger partial charge in [0.05, 0.1) is 17.0 Å². The van der Waals surface area contributed by atoms with Crippen molar-refractivity contribution in [2.24, 2.45) is 0 Å². The molecule has 1 aliphatic rings. The molecular formula is C15H22N4S. The van der Waals surface area contributed by atoms with Crippen LogP contribution in [-0.4, -0.2) is 32.9 Å². The number of hydrogen-bond donors (Lipinski definition) is 1. The van der Waals surface area contributed by atoms with Crippen LogP contribution in [0.25, 0.3) is 0 Å². The van der Waals surface area contributed by atoms with Crippen LogP contribution in [0, 0.1) is 13.8 Å². The van der Waals surface area contributed by atoms with Crippen LogP contribution in [0.15, 0.2) is 12.5 Å². The Morgan fingerprint density at radius 2 is 2.05 bits per heavy atom. The molecule has 3 heterocycles. The summed E-state index contributed by atoms with van der Waals surface area (Å²) < 4.78 is 0. The second-order valence-corrected chi connectivity index (χ2v) is 7.32. The smallest absolute Gasteiger partial charge is 0.0987 e. The minimum absolute atomic E-state index is 0.260. The molecule has 4 nitrogen and oxygen atoms in total. The van der Waals surface area contributed by atoms with E-state index in [0.29, 0.717) is 0 Å². The summed E-state index contributed by atoms with van der Waals surface area (Å²) in [6, 6.07) is 0. The largest absolute Gasteiger partial charge is 0.348 e. The van der Waals surface area contributed by atoms with Gasteiger partial charge in [-0.3, -0.25) is 4.90 Å². The summed E-state index contributed by atoms with van der Waals surface area (Å²) in [6.07, 6.45) is 6.16. The van der Waals surface area contributed by atoms with Gasteiger partial charge in [0.2, 0.25) is 0 Å². The Bertz CT molecular complexity index is 578. The van der Waals surface area contributed by atoms with Crippen molar-refractivity contribution in [3.63, 3.8) is 0 Å². The number of nitrogens with one attached hydrogen (secondary N) is 1. The van der Waals surface area contributed by atoms with E-state index in [0.717, 1.165) is 19.6 Å². The molecule has 0 aromatic carbocycles. The highest BCUT2D eigenvalue weighted by Crippen LogP contribution is 2.37. The first-order valence-electron chi connectivity index (χ1n) is 7.21. The number of aryl methyl sites for hydroxylation is 2. The molecule has 1 N–H and O–H groups in total. The first-order chi connectivity index (χ1) is 9.57. The normalized spacial score (nSPS) is 19.4. The number of nitrogens with zero attached hydrogens (tertiary/aromatic N) is 3. The average molecular weight is 290 g/mol. The SMILES string of the molecule is Cc1cnc(C2(C)CCN(Cc3nc[nH]c3C)CC2)s1. The lowest BCUT2D eigenvalue weighted by Crippen LogP contribution is -2.40. The van der Waals surface area contributed by atoms with E-state index in [-0.39, 0.29) is 5.41 Å². The molecule has 0 amide bonds. The minimum Gasteiger partial charge on any atom is -0.348 e. The maximum Gasteiger partial charge on any atom is 0.0987 e. The molecule has 3 rings (SSSR count). The Morgan fingerprint density at radius 3 is 2.60 bits per heavy atom. The fourth-order valence-electron chi connectivity index (χ4n) is 2.81. The van der Waals surface area contributed by atoms with Gasteiger partial charge in [0.1, 0.15) is 0 Å². The van der Waals surface area contributed by atoms with Crippen molar-refractivity contribution < 1.29 is 0 Å². The van der Waals surface area contributed by atoms with Gasteiger partial charge in [0, 0.05) is 28.7 Å². The van der Waals surface area contributed by atoms with Gasteiger partial charge in [0.25, 0.3) is 0 Å². The van der Waals surface area contributed by atoms with Crippen LogP contribution < -0.4 is 0 Å². The van der Waals surface area contributed by atoms with Crippen LogP contribution in [0.3, 0.4) is 0 Å². The number of piperidine rings is 1. The van der Waals surface area contributed by atoms with Crippen molar-refractivity contribution in [3.05, 3.63) is 33.8 Å². The predicted octanol–water partition coefficient (Wildman–Crippen LogP) is 3.04. The Labute approximate surface area is 124 Å². The van der Waals surface area contributed by atoms with Gasteiger partial charge in [-0.05, 0) is 39.8 Å². The fourth-order valence-corrected chi connectivity index (χ4v) is 3.78. The summed E-state index contributed by atoms with van der Waals surface area (Å²) in [5.74, 6) is 0. The molecule has 1 aliphatic heterocycles. The first kappa shape index (κ1) is 13.8. The second kappa shape index (κ2) is 5.30. The predicted molar refractivity (Wildman–Crippen MR) is 82.0 cm³/mol. The molecule has 1 fully saturated rings. The molecule has 0 unspecified atom stereocenters. The molecule has 2 aromatic rings. The molecule has 1 saturated heterocycles. The number of aromatic nitrogens is 3. The molecule has 5 heteroatoms. The summed E-state index contributed by atoms with van der Waals surface area (Å²) in [4.78, 5) is 16.0. The van der Waals surface area contributed by atoms with Gasteiger partial charge in [-0.1, -0.05) is 6.92 Å². The average Bonchev–Trinajstić information content (AvgIpc) is 3.03. The van der Waals surface area contributed by atoms with E-state index in [1.807, 2.05) is 17.5 Å². The Balaban J connectivity index is 1.63. The zero-order chi connectivity index (χ0) is 14.2. The van der Waals surface area contributed by atoms with Gasteiger partial charge in [-0.2, -0.15) is 0 Å². The molecule has 2 aromatic heterocycles. The van der Waals surface area contributed by atoms with Crippen LogP contribution in [0.1, 0.15) is 41.0 Å². The third kappa shape index (κ3) is 2.65. The number of aromatic amines is 1. The summed E-state index contributed by atoms with van der Waals surface area (Å²) in [6.45, 7) is 9.81. The molecule has 20 heavy (non-hydrogen) atoms. The Kier molecular flexibility index (Phi) is 3.65. The molecule has 0 saturated carbocycles. The van der Waals surface area contributed by atoms with Crippen LogP contribution in [0.2, 0.25) is 0 Å². The van der Waals surface area contributed by atoms with E-state index in [9.17, 15) is 0 Å². The van der Waals surface area contributed by atoms with E-state index >= 15 is 0 Å². The highest BCUT2D eigenvalue weighted by molar-refractivity contribution is 7.11. The Hall–Kier alpha value is -1.20. The zero-order valence-electron chi connectivity index (χ0n) is 12.4. The number of thiazole rings is 1. The van der Waals surface area contributed by atoms with Crippen molar-refractivity contribution in [1.82, 2.24) is 19.9 Å². The lowest BCUT2D eigenvalue weighted by Gasteiger charge is -2.38. The van der Waals surface area contributed by atoms with Crippen molar-refractivity contribution in [1.29, 1.82) is 0 Å². The minimum atomic E-state index is 0.260. The van der Waals surface area contributed by atoms with Gasteiger partial charge in [-0.15, -0.1) is 11.3 Å². The van der Waals surface area contributed by atoms with Crippen LogP contribution >= 0.6 is 11.3 Å². The maximum absolute atomic E-state index is 4.61. The molecule has 0 spiro atoms.